The van der Waals surface area contributed by atoms with E-state index < -0.39 is 23.5 Å². The molecular weight excluding hydrogens is 204 g/mol. The van der Waals surface area contributed by atoms with Crippen LogP contribution in [0.2, 0.25) is 0 Å². The summed E-state index contributed by atoms with van der Waals surface area (Å²) in [5.41, 5.74) is -0.409. The van der Waals surface area contributed by atoms with Gasteiger partial charge in [0, 0.05) is 5.97 Å². The summed E-state index contributed by atoms with van der Waals surface area (Å²) in [6, 6.07) is 0. The van der Waals surface area contributed by atoms with Gasteiger partial charge in [0.2, 0.25) is 0 Å². The number of carbonyl (C=O) groups excluding carboxylic acids is 3. The fourth-order valence-corrected chi connectivity index (χ4v) is 0.960. The first-order valence-electron chi connectivity index (χ1n) is 4.26. The Bertz CT molecular complexity index is 291. The van der Waals surface area contributed by atoms with Crippen molar-refractivity contribution in [3.05, 3.63) is 11.6 Å². The first-order chi connectivity index (χ1) is 6.93. The number of aliphatic carboxylic acids is 3. The van der Waals surface area contributed by atoms with E-state index in [0.29, 0.717) is 6.08 Å². The highest BCUT2D eigenvalue weighted by atomic mass is 16.4. The quantitative estimate of drug-likeness (QED) is 0.323. The monoisotopic (exact) mass is 213 g/mol. The minimum absolute atomic E-state index is 0.0659. The predicted molar refractivity (Wildman–Crippen MR) is 41.6 cm³/mol. The van der Waals surface area contributed by atoms with Gasteiger partial charge in [0.15, 0.2) is 0 Å². The third-order valence-electron chi connectivity index (χ3n) is 1.63. The molecule has 0 unspecified atom stereocenters. The molecule has 6 nitrogen and oxygen atoms in total. The van der Waals surface area contributed by atoms with Gasteiger partial charge >= 0.3 is 0 Å². The summed E-state index contributed by atoms with van der Waals surface area (Å²) in [6.07, 6.45) is 0.644. The van der Waals surface area contributed by atoms with Crippen molar-refractivity contribution in [1.29, 1.82) is 0 Å². The standard InChI is InChI=1S/C9H12O6/c10-7(11)4-2-1-3-6(9(14)15)5-8(12)13/h5H,1-4H2,(H,10,11)(H,12,13)(H,14,15)/p-3/b6-5-. The summed E-state index contributed by atoms with van der Waals surface area (Å²) in [7, 11) is 0. The summed E-state index contributed by atoms with van der Waals surface area (Å²) in [5.74, 6) is -4.43. The van der Waals surface area contributed by atoms with Crippen LogP contribution < -0.4 is 15.3 Å². The van der Waals surface area contributed by atoms with E-state index in [1.807, 2.05) is 0 Å². The normalized spacial score (nSPS) is 11.1. The van der Waals surface area contributed by atoms with Gasteiger partial charge in [0.25, 0.3) is 0 Å². The Kier molecular flexibility index (Phi) is 5.77. The molecule has 15 heavy (non-hydrogen) atoms. The first-order valence-corrected chi connectivity index (χ1v) is 4.26. The Morgan fingerprint density at radius 1 is 0.933 bits per heavy atom. The Morgan fingerprint density at radius 2 is 1.47 bits per heavy atom. The van der Waals surface area contributed by atoms with E-state index in [9.17, 15) is 29.7 Å². The molecule has 0 aliphatic heterocycles. The van der Waals surface area contributed by atoms with Crippen molar-refractivity contribution in [2.24, 2.45) is 0 Å². The maximum atomic E-state index is 10.4. The number of hydrogen-bond donors (Lipinski definition) is 0. The summed E-state index contributed by atoms with van der Waals surface area (Å²) in [5, 5.41) is 30.4. The number of carbonyl (C=O) groups is 3. The van der Waals surface area contributed by atoms with Crippen LogP contribution in [0.1, 0.15) is 25.7 Å². The molecule has 0 rings (SSSR count). The van der Waals surface area contributed by atoms with Gasteiger partial charge in [-0.1, -0.05) is 0 Å². The summed E-state index contributed by atoms with van der Waals surface area (Å²) in [4.78, 5) is 30.4. The SMILES string of the molecule is O=C([O-])/C=C(/CCCCC(=O)[O-])C(=O)[O-]. The van der Waals surface area contributed by atoms with Crippen LogP contribution in [-0.2, 0) is 14.4 Å². The highest BCUT2D eigenvalue weighted by molar-refractivity contribution is 5.92. The Balaban J connectivity index is 4.04. The number of carboxylic acid groups (broad SMARTS) is 3. The molecule has 0 aromatic carbocycles. The second-order valence-corrected chi connectivity index (χ2v) is 2.86. The number of carboxylic acids is 3. The lowest BCUT2D eigenvalue weighted by atomic mass is 10.1. The van der Waals surface area contributed by atoms with Crippen molar-refractivity contribution >= 4 is 17.9 Å². The van der Waals surface area contributed by atoms with Crippen LogP contribution in [0.4, 0.5) is 0 Å². The summed E-state index contributed by atoms with van der Waals surface area (Å²) in [6.45, 7) is 0. The maximum absolute atomic E-state index is 10.4. The van der Waals surface area contributed by atoms with E-state index in [2.05, 4.69) is 0 Å². The Morgan fingerprint density at radius 3 is 1.87 bits per heavy atom. The van der Waals surface area contributed by atoms with Crippen molar-refractivity contribution in [2.75, 3.05) is 0 Å². The zero-order chi connectivity index (χ0) is 11.8. The lowest BCUT2D eigenvalue weighted by Gasteiger charge is -2.09. The van der Waals surface area contributed by atoms with Crippen molar-refractivity contribution in [2.45, 2.75) is 25.7 Å². The molecule has 0 fully saturated rings. The molecule has 0 N–H and O–H groups in total. The number of rotatable bonds is 7. The lowest BCUT2D eigenvalue weighted by Crippen LogP contribution is -2.28. The Labute approximate surface area is 85.8 Å². The van der Waals surface area contributed by atoms with Gasteiger partial charge in [0.1, 0.15) is 0 Å². The fourth-order valence-electron chi connectivity index (χ4n) is 0.960. The molecule has 84 valence electrons. The molecule has 0 saturated carbocycles. The van der Waals surface area contributed by atoms with E-state index in [0.717, 1.165) is 0 Å². The van der Waals surface area contributed by atoms with Crippen LogP contribution in [0.25, 0.3) is 0 Å². The second-order valence-electron chi connectivity index (χ2n) is 2.86. The smallest absolute Gasteiger partial charge is 0.0675 e. The van der Waals surface area contributed by atoms with E-state index in [-0.39, 0.29) is 25.7 Å². The fraction of sp³-hybridized carbons (Fsp3) is 0.444. The molecule has 0 spiro atoms. The molecule has 0 heterocycles. The number of hydrogen-bond acceptors (Lipinski definition) is 6. The minimum atomic E-state index is -1.62. The van der Waals surface area contributed by atoms with E-state index in [1.54, 1.807) is 0 Å². The zero-order valence-corrected chi connectivity index (χ0v) is 7.86. The molecule has 0 aromatic rings. The van der Waals surface area contributed by atoms with Gasteiger partial charge in [-0.25, -0.2) is 0 Å². The van der Waals surface area contributed by atoms with Crippen molar-refractivity contribution < 1.29 is 29.7 Å². The predicted octanol–water partition coefficient (Wildman–Crippen LogP) is -3.28. The van der Waals surface area contributed by atoms with Crippen LogP contribution in [-0.4, -0.2) is 17.9 Å². The molecule has 0 aliphatic carbocycles. The first kappa shape index (κ1) is 13.2. The molecule has 6 heteroatoms. The molecule has 0 aromatic heterocycles. The molecule has 0 aliphatic rings. The molecule has 0 radical (unpaired) electrons. The van der Waals surface area contributed by atoms with Crippen LogP contribution in [0, 0.1) is 0 Å². The molecular formula is C9H9O6-3. The minimum Gasteiger partial charge on any atom is -0.550 e. The van der Waals surface area contributed by atoms with Gasteiger partial charge in [-0.3, -0.25) is 0 Å². The highest BCUT2D eigenvalue weighted by Crippen LogP contribution is 2.07. The van der Waals surface area contributed by atoms with Gasteiger partial charge in [-0.15, -0.1) is 0 Å². The Hall–Kier alpha value is -1.85. The van der Waals surface area contributed by atoms with Crippen molar-refractivity contribution in [1.82, 2.24) is 0 Å². The van der Waals surface area contributed by atoms with Crippen LogP contribution >= 0.6 is 0 Å². The van der Waals surface area contributed by atoms with Crippen molar-refractivity contribution in [3.8, 4) is 0 Å². The molecule has 0 bridgehead atoms. The largest absolute Gasteiger partial charge is 0.550 e. The summed E-state index contributed by atoms with van der Waals surface area (Å²) < 4.78 is 0. The average molecular weight is 213 g/mol. The molecule has 0 atom stereocenters. The lowest BCUT2D eigenvalue weighted by molar-refractivity contribution is -0.306. The van der Waals surface area contributed by atoms with Crippen LogP contribution in [0.15, 0.2) is 11.6 Å². The molecule has 0 amide bonds. The maximum Gasteiger partial charge on any atom is 0.0675 e. The highest BCUT2D eigenvalue weighted by Gasteiger charge is 1.99. The van der Waals surface area contributed by atoms with Crippen LogP contribution in [0.3, 0.4) is 0 Å². The van der Waals surface area contributed by atoms with Gasteiger partial charge < -0.3 is 29.7 Å². The second kappa shape index (κ2) is 6.58. The topological polar surface area (TPSA) is 120 Å². The summed E-state index contributed by atoms with van der Waals surface area (Å²) >= 11 is 0. The molecule has 0 saturated heterocycles. The average Bonchev–Trinajstić information content (AvgIpc) is 2.08. The van der Waals surface area contributed by atoms with Gasteiger partial charge in [-0.2, -0.15) is 0 Å². The van der Waals surface area contributed by atoms with Gasteiger partial charge in [-0.05, 0) is 37.3 Å². The van der Waals surface area contributed by atoms with Gasteiger partial charge in [0.05, 0.1) is 11.9 Å². The van der Waals surface area contributed by atoms with Crippen LogP contribution in [0.5, 0.6) is 0 Å². The van der Waals surface area contributed by atoms with E-state index >= 15 is 0 Å². The third kappa shape index (κ3) is 7.24. The van der Waals surface area contributed by atoms with E-state index in [1.165, 1.54) is 0 Å². The number of unbranched alkanes of at least 4 members (excludes halogenated alkanes) is 1. The van der Waals surface area contributed by atoms with E-state index in [4.69, 9.17) is 0 Å². The zero-order valence-electron chi connectivity index (χ0n) is 7.86. The third-order valence-corrected chi connectivity index (χ3v) is 1.63. The van der Waals surface area contributed by atoms with Crippen molar-refractivity contribution in [3.63, 3.8) is 0 Å².